The van der Waals surface area contributed by atoms with Crippen molar-refractivity contribution in [2.75, 3.05) is 26.8 Å². The molecule has 1 fully saturated rings. The van der Waals surface area contributed by atoms with Gasteiger partial charge in [0.2, 0.25) is 5.91 Å². The maximum atomic E-state index is 12.2. The van der Waals surface area contributed by atoms with Gasteiger partial charge in [0.25, 0.3) is 0 Å². The van der Waals surface area contributed by atoms with Crippen LogP contribution in [0.3, 0.4) is 0 Å². The van der Waals surface area contributed by atoms with E-state index in [1.54, 1.807) is 13.8 Å². The van der Waals surface area contributed by atoms with Crippen LogP contribution in [0.2, 0.25) is 0 Å². The molecule has 8 heteroatoms. The first-order chi connectivity index (χ1) is 9.80. The molecule has 1 unspecified atom stereocenters. The van der Waals surface area contributed by atoms with Crippen LogP contribution in [0, 0.1) is 0 Å². The van der Waals surface area contributed by atoms with Crippen LogP contribution in [0.15, 0.2) is 0 Å². The third-order valence-electron chi connectivity index (χ3n) is 3.53. The number of carbonyl (C=O) groups excluding carboxylic acids is 2. The summed E-state index contributed by atoms with van der Waals surface area (Å²) in [5.41, 5.74) is -1.00. The summed E-state index contributed by atoms with van der Waals surface area (Å²) >= 11 is 0. The van der Waals surface area contributed by atoms with E-state index in [1.165, 1.54) is 12.0 Å². The molecule has 1 heterocycles. The number of nitrogens with zero attached hydrogens (tertiary/aromatic N) is 1. The molecule has 1 saturated heterocycles. The van der Waals surface area contributed by atoms with Crippen LogP contribution in [-0.2, 0) is 14.3 Å². The molecule has 1 aliphatic rings. The Morgan fingerprint density at radius 2 is 2.19 bits per heavy atom. The van der Waals surface area contributed by atoms with Crippen LogP contribution < -0.4 is 10.6 Å². The number of carboxylic acids is 1. The maximum Gasteiger partial charge on any atom is 0.326 e. The highest BCUT2D eigenvalue weighted by atomic mass is 16.5. The second kappa shape index (κ2) is 7.26. The van der Waals surface area contributed by atoms with Crippen molar-refractivity contribution in [3.8, 4) is 0 Å². The molecule has 0 radical (unpaired) electrons. The number of hydrogen-bond acceptors (Lipinski definition) is 4. The van der Waals surface area contributed by atoms with Crippen LogP contribution in [0.25, 0.3) is 0 Å². The van der Waals surface area contributed by atoms with Crippen molar-refractivity contribution in [3.63, 3.8) is 0 Å². The highest BCUT2D eigenvalue weighted by molar-refractivity contribution is 5.92. The Hall–Kier alpha value is -1.83. The summed E-state index contributed by atoms with van der Waals surface area (Å²) in [5.74, 6) is -1.35. The summed E-state index contributed by atoms with van der Waals surface area (Å²) < 4.78 is 4.87. The summed E-state index contributed by atoms with van der Waals surface area (Å²) in [6, 6.07) is -1.53. The SMILES string of the molecule is COCCCC(NC(=O)N1CCNC(=O)C1(C)C)C(=O)O. The third kappa shape index (κ3) is 4.32. The lowest BCUT2D eigenvalue weighted by Gasteiger charge is -2.41. The van der Waals surface area contributed by atoms with Crippen LogP contribution in [-0.4, -0.2) is 66.3 Å². The molecular weight excluding hydrogens is 278 g/mol. The summed E-state index contributed by atoms with van der Waals surface area (Å²) in [6.45, 7) is 4.38. The van der Waals surface area contributed by atoms with E-state index in [-0.39, 0.29) is 12.3 Å². The number of nitrogens with one attached hydrogen (secondary N) is 2. The van der Waals surface area contributed by atoms with Crippen molar-refractivity contribution in [2.24, 2.45) is 0 Å². The van der Waals surface area contributed by atoms with Crippen LogP contribution in [0.1, 0.15) is 26.7 Å². The van der Waals surface area contributed by atoms with Gasteiger partial charge in [-0.2, -0.15) is 0 Å². The van der Waals surface area contributed by atoms with Crippen molar-refractivity contribution in [1.82, 2.24) is 15.5 Å². The van der Waals surface area contributed by atoms with Gasteiger partial charge in [0.1, 0.15) is 11.6 Å². The summed E-state index contributed by atoms with van der Waals surface area (Å²) in [7, 11) is 1.53. The fraction of sp³-hybridized carbons (Fsp3) is 0.769. The van der Waals surface area contributed by atoms with Crippen molar-refractivity contribution >= 4 is 17.9 Å². The second-order valence-electron chi connectivity index (χ2n) is 5.44. The molecule has 1 aliphatic heterocycles. The highest BCUT2D eigenvalue weighted by Gasteiger charge is 2.41. The van der Waals surface area contributed by atoms with E-state index in [2.05, 4.69) is 10.6 Å². The molecule has 0 spiro atoms. The number of hydrogen-bond donors (Lipinski definition) is 3. The van der Waals surface area contributed by atoms with Crippen LogP contribution >= 0.6 is 0 Å². The predicted molar refractivity (Wildman–Crippen MR) is 74.9 cm³/mol. The quantitative estimate of drug-likeness (QED) is 0.588. The molecule has 0 aromatic heterocycles. The first-order valence-electron chi connectivity index (χ1n) is 6.89. The lowest BCUT2D eigenvalue weighted by atomic mass is 9.99. The maximum absolute atomic E-state index is 12.2. The smallest absolute Gasteiger partial charge is 0.326 e. The largest absolute Gasteiger partial charge is 0.480 e. The van der Waals surface area contributed by atoms with Gasteiger partial charge in [-0.25, -0.2) is 9.59 Å². The number of carbonyl (C=O) groups is 3. The molecule has 3 amide bonds. The minimum absolute atomic E-state index is 0.254. The van der Waals surface area contributed by atoms with Crippen molar-refractivity contribution in [2.45, 2.75) is 38.3 Å². The fourth-order valence-corrected chi connectivity index (χ4v) is 2.17. The summed E-state index contributed by atoms with van der Waals surface area (Å²) in [5, 5.41) is 14.3. The van der Waals surface area contributed by atoms with Gasteiger partial charge in [0.15, 0.2) is 0 Å². The van der Waals surface area contributed by atoms with Crippen molar-refractivity contribution in [1.29, 1.82) is 0 Å². The van der Waals surface area contributed by atoms with Gasteiger partial charge in [0.05, 0.1) is 0 Å². The topological polar surface area (TPSA) is 108 Å². The third-order valence-corrected chi connectivity index (χ3v) is 3.53. The molecular formula is C13H23N3O5. The Bertz CT molecular complexity index is 411. The van der Waals surface area contributed by atoms with Gasteiger partial charge in [-0.05, 0) is 26.7 Å². The molecule has 1 rings (SSSR count). The van der Waals surface area contributed by atoms with Crippen LogP contribution in [0.5, 0.6) is 0 Å². The first kappa shape index (κ1) is 17.2. The fourth-order valence-electron chi connectivity index (χ4n) is 2.17. The van der Waals surface area contributed by atoms with E-state index in [9.17, 15) is 14.4 Å². The van der Waals surface area contributed by atoms with Gasteiger partial charge < -0.3 is 25.4 Å². The minimum atomic E-state index is -1.10. The molecule has 0 bridgehead atoms. The van der Waals surface area contributed by atoms with E-state index >= 15 is 0 Å². The van der Waals surface area contributed by atoms with Crippen molar-refractivity contribution in [3.05, 3.63) is 0 Å². The molecule has 8 nitrogen and oxygen atoms in total. The van der Waals surface area contributed by atoms with E-state index < -0.39 is 23.6 Å². The number of methoxy groups -OCH3 is 1. The number of carboxylic acid groups (broad SMARTS) is 1. The summed E-state index contributed by atoms with van der Waals surface area (Å²) in [6.07, 6.45) is 0.799. The number of aliphatic carboxylic acids is 1. The van der Waals surface area contributed by atoms with Gasteiger partial charge in [0, 0.05) is 26.8 Å². The monoisotopic (exact) mass is 301 g/mol. The zero-order valence-corrected chi connectivity index (χ0v) is 12.6. The van der Waals surface area contributed by atoms with E-state index in [0.717, 1.165) is 0 Å². The number of amides is 3. The van der Waals surface area contributed by atoms with Crippen molar-refractivity contribution < 1.29 is 24.2 Å². The lowest BCUT2D eigenvalue weighted by Crippen LogP contribution is -2.66. The molecule has 120 valence electrons. The number of ether oxygens (including phenoxy) is 1. The first-order valence-corrected chi connectivity index (χ1v) is 6.89. The summed E-state index contributed by atoms with van der Waals surface area (Å²) in [4.78, 5) is 36.6. The Kier molecular flexibility index (Phi) is 5.95. The molecule has 0 saturated carbocycles. The molecule has 0 aromatic rings. The van der Waals surface area contributed by atoms with Gasteiger partial charge in [-0.1, -0.05) is 0 Å². The molecule has 3 N–H and O–H groups in total. The molecule has 21 heavy (non-hydrogen) atoms. The normalized spacial score (nSPS) is 18.8. The Morgan fingerprint density at radius 1 is 1.52 bits per heavy atom. The van der Waals surface area contributed by atoms with Gasteiger partial charge >= 0.3 is 12.0 Å². The Morgan fingerprint density at radius 3 is 2.76 bits per heavy atom. The van der Waals surface area contributed by atoms with Gasteiger partial charge in [-0.15, -0.1) is 0 Å². The van der Waals surface area contributed by atoms with Gasteiger partial charge in [-0.3, -0.25) is 4.79 Å². The highest BCUT2D eigenvalue weighted by Crippen LogP contribution is 2.18. The Balaban J connectivity index is 2.68. The average Bonchev–Trinajstić information content (AvgIpc) is 2.40. The Labute approximate surface area is 123 Å². The lowest BCUT2D eigenvalue weighted by molar-refractivity contribution is -0.139. The van der Waals surface area contributed by atoms with E-state index in [0.29, 0.717) is 26.1 Å². The molecule has 0 aromatic carbocycles. The number of urea groups is 1. The average molecular weight is 301 g/mol. The predicted octanol–water partition coefficient (Wildman–Crippen LogP) is -0.214. The van der Waals surface area contributed by atoms with E-state index in [1.807, 2.05) is 0 Å². The zero-order valence-electron chi connectivity index (χ0n) is 12.6. The zero-order chi connectivity index (χ0) is 16.0. The second-order valence-corrected chi connectivity index (χ2v) is 5.44. The minimum Gasteiger partial charge on any atom is -0.480 e. The number of piperazine rings is 1. The van der Waals surface area contributed by atoms with Crippen LogP contribution in [0.4, 0.5) is 4.79 Å². The molecule has 1 atom stereocenters. The number of rotatable bonds is 6. The van der Waals surface area contributed by atoms with E-state index in [4.69, 9.17) is 9.84 Å². The molecule has 0 aliphatic carbocycles. The standard InChI is InChI=1S/C13H23N3O5/c1-13(2)11(19)14-6-7-16(13)12(20)15-9(10(17)18)5-4-8-21-3/h9H,4-8H2,1-3H3,(H,14,19)(H,15,20)(H,17,18).